The van der Waals surface area contributed by atoms with Gasteiger partial charge in [-0.1, -0.05) is 71.0 Å². The second-order valence-electron chi connectivity index (χ2n) is 9.90. The van der Waals surface area contributed by atoms with Crippen LogP contribution in [0.4, 0.5) is 0 Å². The third kappa shape index (κ3) is 3.93. The lowest BCUT2D eigenvalue weighted by Gasteiger charge is -2.22. The summed E-state index contributed by atoms with van der Waals surface area (Å²) in [5, 5.41) is 20.4. The molecule has 1 N–H and O–H groups in total. The van der Waals surface area contributed by atoms with Crippen molar-refractivity contribution in [3.8, 4) is 17.6 Å². The minimum atomic E-state index is -1.35. The zero-order valence-electron chi connectivity index (χ0n) is 19.1. The molecule has 0 radical (unpaired) electrons. The second-order valence-corrected chi connectivity index (χ2v) is 9.90. The fourth-order valence-electron chi connectivity index (χ4n) is 4.57. The first-order valence-corrected chi connectivity index (χ1v) is 10.6. The van der Waals surface area contributed by atoms with Gasteiger partial charge in [0, 0.05) is 11.3 Å². The van der Waals surface area contributed by atoms with Crippen LogP contribution in [0, 0.1) is 33.5 Å². The molecular formula is C27H29NO4. The Hall–Kier alpha value is -3.39. The summed E-state index contributed by atoms with van der Waals surface area (Å²) in [6, 6.07) is 18.5. The molecule has 5 nitrogen and oxygen atoms in total. The number of hydrogen-bond acceptors (Lipinski definition) is 4. The van der Waals surface area contributed by atoms with E-state index in [1.54, 1.807) is 30.3 Å². The largest absolute Gasteiger partial charge is 0.481 e. The highest BCUT2D eigenvalue weighted by Crippen LogP contribution is 2.75. The van der Waals surface area contributed by atoms with Crippen LogP contribution in [0.3, 0.4) is 0 Å². The Labute approximate surface area is 189 Å². The van der Waals surface area contributed by atoms with Crippen molar-refractivity contribution in [3.05, 3.63) is 72.3 Å². The lowest BCUT2D eigenvalue weighted by atomic mass is 9.78. The Bertz CT molecular complexity index is 1090. The fourth-order valence-corrected chi connectivity index (χ4v) is 4.57. The van der Waals surface area contributed by atoms with E-state index in [9.17, 15) is 20.0 Å². The van der Waals surface area contributed by atoms with Crippen LogP contribution < -0.4 is 4.74 Å². The molecule has 32 heavy (non-hydrogen) atoms. The summed E-state index contributed by atoms with van der Waals surface area (Å²) >= 11 is 0. The van der Waals surface area contributed by atoms with Gasteiger partial charge in [-0.15, -0.1) is 0 Å². The third-order valence-corrected chi connectivity index (χ3v) is 6.54. The molecule has 0 aliphatic heterocycles. The maximum absolute atomic E-state index is 12.6. The molecule has 0 aromatic heterocycles. The van der Waals surface area contributed by atoms with E-state index in [2.05, 4.69) is 6.07 Å². The van der Waals surface area contributed by atoms with Crippen LogP contribution in [0.5, 0.6) is 11.5 Å². The number of carbonyl (C=O) groups is 2. The summed E-state index contributed by atoms with van der Waals surface area (Å²) in [6.07, 6.45) is 3.15. The normalized spacial score (nSPS) is 22.7. The molecule has 1 aliphatic rings. The molecule has 3 rings (SSSR count). The standard InChI is InChI=1S/C27H29NO4/c1-25(2,3)23(29)15-14-22-26(4,5)27(22,24(30)31)21(17-28)18-10-9-13-20(16-18)32-19-11-7-6-8-12-19/h6-16,21-22H,1-5H3,(H,30,31)/b15-14-/t21-,22-,27+/m0/s1. The van der Waals surface area contributed by atoms with Crippen LogP contribution >= 0.6 is 0 Å². The van der Waals surface area contributed by atoms with E-state index < -0.39 is 34.1 Å². The Balaban J connectivity index is 1.98. The predicted molar refractivity (Wildman–Crippen MR) is 122 cm³/mol. The number of ketones is 1. The monoisotopic (exact) mass is 431 g/mol. The number of allylic oxidation sites excluding steroid dienone is 2. The van der Waals surface area contributed by atoms with E-state index in [1.807, 2.05) is 65.0 Å². The van der Waals surface area contributed by atoms with Crippen molar-refractivity contribution in [1.82, 2.24) is 0 Å². The van der Waals surface area contributed by atoms with E-state index in [1.165, 1.54) is 6.08 Å². The highest BCUT2D eigenvalue weighted by molar-refractivity contribution is 5.94. The maximum atomic E-state index is 12.6. The lowest BCUT2D eigenvalue weighted by Crippen LogP contribution is -2.28. The molecule has 0 saturated heterocycles. The minimum absolute atomic E-state index is 0.0775. The average molecular weight is 432 g/mol. The number of aliphatic carboxylic acids is 1. The van der Waals surface area contributed by atoms with Gasteiger partial charge in [-0.3, -0.25) is 9.59 Å². The number of carboxylic acid groups (broad SMARTS) is 1. The first-order chi connectivity index (χ1) is 15.0. The quantitative estimate of drug-likeness (QED) is 0.545. The predicted octanol–water partition coefficient (Wildman–Crippen LogP) is 5.98. The second kappa shape index (κ2) is 8.27. The van der Waals surface area contributed by atoms with Crippen molar-refractivity contribution >= 4 is 11.8 Å². The molecule has 0 amide bonds. The topological polar surface area (TPSA) is 87.4 Å². The summed E-state index contributed by atoms with van der Waals surface area (Å²) in [4.78, 5) is 25.0. The summed E-state index contributed by atoms with van der Waals surface area (Å²) in [5.41, 5.74) is -2.03. The number of ether oxygens (including phenoxy) is 1. The average Bonchev–Trinajstić information content (AvgIpc) is 3.22. The molecule has 1 saturated carbocycles. The first kappa shape index (κ1) is 23.3. The number of hydrogen-bond donors (Lipinski definition) is 1. The van der Waals surface area contributed by atoms with Crippen molar-refractivity contribution in [2.75, 3.05) is 0 Å². The highest BCUT2D eigenvalue weighted by atomic mass is 16.5. The van der Waals surface area contributed by atoms with Gasteiger partial charge < -0.3 is 9.84 Å². The van der Waals surface area contributed by atoms with Crippen molar-refractivity contribution in [2.45, 2.75) is 40.5 Å². The number of para-hydroxylation sites is 1. The van der Waals surface area contributed by atoms with E-state index in [0.29, 0.717) is 17.1 Å². The summed E-state index contributed by atoms with van der Waals surface area (Å²) in [5.74, 6) is -1.30. The summed E-state index contributed by atoms with van der Waals surface area (Å²) in [6.45, 7) is 9.13. The van der Waals surface area contributed by atoms with E-state index in [0.717, 1.165) is 0 Å². The van der Waals surface area contributed by atoms with Crippen LogP contribution in [0.25, 0.3) is 0 Å². The number of nitriles is 1. The lowest BCUT2D eigenvalue weighted by molar-refractivity contribution is -0.145. The van der Waals surface area contributed by atoms with Crippen molar-refractivity contribution in [2.24, 2.45) is 22.2 Å². The molecule has 0 bridgehead atoms. The van der Waals surface area contributed by atoms with E-state index >= 15 is 0 Å². The smallest absolute Gasteiger partial charge is 0.312 e. The van der Waals surface area contributed by atoms with Gasteiger partial charge >= 0.3 is 5.97 Å². The van der Waals surface area contributed by atoms with Crippen molar-refractivity contribution in [1.29, 1.82) is 5.26 Å². The fraction of sp³-hybridized carbons (Fsp3) is 0.370. The molecular weight excluding hydrogens is 402 g/mol. The van der Waals surface area contributed by atoms with Gasteiger partial charge in [0.15, 0.2) is 5.78 Å². The molecule has 3 atom stereocenters. The highest BCUT2D eigenvalue weighted by Gasteiger charge is 2.78. The van der Waals surface area contributed by atoms with Crippen LogP contribution in [-0.4, -0.2) is 16.9 Å². The van der Waals surface area contributed by atoms with Gasteiger partial charge in [-0.2, -0.15) is 5.26 Å². The molecule has 2 aromatic carbocycles. The van der Waals surface area contributed by atoms with Crippen molar-refractivity contribution in [3.63, 3.8) is 0 Å². The number of rotatable bonds is 7. The van der Waals surface area contributed by atoms with Gasteiger partial charge in [0.25, 0.3) is 0 Å². The number of carboxylic acids is 1. The molecule has 166 valence electrons. The molecule has 0 heterocycles. The SMILES string of the molecule is CC(C)(C)C(=O)/C=C\[C@H]1C(C)(C)[C@]1(C(=O)O)[C@@H](C#N)c1cccc(Oc2ccccc2)c1. The number of carbonyl (C=O) groups excluding carboxylic acids is 1. The van der Waals surface area contributed by atoms with Crippen LogP contribution in [-0.2, 0) is 9.59 Å². The van der Waals surface area contributed by atoms with Gasteiger partial charge in [-0.25, -0.2) is 0 Å². The van der Waals surface area contributed by atoms with Crippen LogP contribution in [0.1, 0.15) is 46.1 Å². The molecule has 1 fully saturated rings. The number of benzene rings is 2. The molecule has 0 spiro atoms. The zero-order chi connectivity index (χ0) is 23.7. The van der Waals surface area contributed by atoms with Gasteiger partial charge in [0.05, 0.1) is 12.0 Å². The van der Waals surface area contributed by atoms with E-state index in [-0.39, 0.29) is 5.78 Å². The first-order valence-electron chi connectivity index (χ1n) is 10.6. The summed E-state index contributed by atoms with van der Waals surface area (Å²) in [7, 11) is 0. The Morgan fingerprint density at radius 1 is 1.09 bits per heavy atom. The molecule has 2 aromatic rings. The van der Waals surface area contributed by atoms with Crippen molar-refractivity contribution < 1.29 is 19.4 Å². The van der Waals surface area contributed by atoms with Gasteiger partial charge in [0.1, 0.15) is 16.9 Å². The van der Waals surface area contributed by atoms with E-state index in [4.69, 9.17) is 4.74 Å². The zero-order valence-corrected chi connectivity index (χ0v) is 19.1. The Morgan fingerprint density at radius 2 is 1.72 bits per heavy atom. The Morgan fingerprint density at radius 3 is 2.28 bits per heavy atom. The van der Waals surface area contributed by atoms with Gasteiger partial charge in [0.2, 0.25) is 0 Å². The van der Waals surface area contributed by atoms with Gasteiger partial charge in [-0.05, 0) is 41.3 Å². The third-order valence-electron chi connectivity index (χ3n) is 6.54. The number of nitrogens with zero attached hydrogens (tertiary/aromatic N) is 1. The van der Waals surface area contributed by atoms with Crippen LogP contribution in [0.2, 0.25) is 0 Å². The Kier molecular flexibility index (Phi) is 6.02. The maximum Gasteiger partial charge on any atom is 0.312 e. The molecule has 1 aliphatic carbocycles. The molecule has 5 heteroatoms. The van der Waals surface area contributed by atoms with Crippen LogP contribution in [0.15, 0.2) is 66.7 Å². The molecule has 0 unspecified atom stereocenters. The summed E-state index contributed by atoms with van der Waals surface area (Å²) < 4.78 is 5.89. The minimum Gasteiger partial charge on any atom is -0.481 e.